The molecule has 0 saturated carbocycles. The van der Waals surface area contributed by atoms with Crippen LogP contribution in [0.1, 0.15) is 22.4 Å². The average Bonchev–Trinajstić information content (AvgIpc) is 3.00. The second-order valence-electron chi connectivity index (χ2n) is 5.34. The van der Waals surface area contributed by atoms with E-state index in [1.54, 1.807) is 5.51 Å². The molecule has 0 aliphatic carbocycles. The van der Waals surface area contributed by atoms with Crippen LogP contribution in [0.25, 0.3) is 0 Å². The summed E-state index contributed by atoms with van der Waals surface area (Å²) >= 11 is 1.47. The lowest BCUT2D eigenvalue weighted by Crippen LogP contribution is -2.39. The Morgan fingerprint density at radius 3 is 2.43 bits per heavy atom. The minimum Gasteiger partial charge on any atom is -0.332 e. The molecular formula is C16H20N4O2S. The van der Waals surface area contributed by atoms with Gasteiger partial charge in [-0.2, -0.15) is 0 Å². The van der Waals surface area contributed by atoms with Crippen LogP contribution in [-0.2, 0) is 11.3 Å². The van der Waals surface area contributed by atoms with E-state index >= 15 is 0 Å². The van der Waals surface area contributed by atoms with Gasteiger partial charge in [0.2, 0.25) is 5.91 Å². The quantitative estimate of drug-likeness (QED) is 0.787. The van der Waals surface area contributed by atoms with Crippen LogP contribution >= 0.6 is 11.3 Å². The maximum Gasteiger partial charge on any atom is 0.315 e. The summed E-state index contributed by atoms with van der Waals surface area (Å²) in [4.78, 5) is 27.7. The number of carbonyl (C=O) groups excluding carboxylic acids is 2. The fourth-order valence-electron chi connectivity index (χ4n) is 2.28. The van der Waals surface area contributed by atoms with E-state index in [9.17, 15) is 9.59 Å². The molecule has 122 valence electrons. The molecule has 7 heteroatoms. The Kier molecular flexibility index (Phi) is 5.70. The lowest BCUT2D eigenvalue weighted by molar-refractivity contribution is -0.115. The zero-order valence-corrected chi connectivity index (χ0v) is 14.2. The van der Waals surface area contributed by atoms with E-state index in [0.717, 1.165) is 28.1 Å². The first-order valence-electron chi connectivity index (χ1n) is 7.22. The summed E-state index contributed by atoms with van der Waals surface area (Å²) in [6.07, 6.45) is 0. The van der Waals surface area contributed by atoms with Crippen LogP contribution in [0.5, 0.6) is 0 Å². The zero-order valence-electron chi connectivity index (χ0n) is 13.4. The number of urea groups is 1. The van der Waals surface area contributed by atoms with Gasteiger partial charge < -0.3 is 16.0 Å². The highest BCUT2D eigenvalue weighted by Gasteiger charge is 2.09. The van der Waals surface area contributed by atoms with Crippen molar-refractivity contribution in [1.82, 2.24) is 15.6 Å². The number of aromatic nitrogens is 1. The van der Waals surface area contributed by atoms with E-state index in [2.05, 4.69) is 20.9 Å². The number of nitrogens with one attached hydrogen (secondary N) is 3. The number of rotatable bonds is 5. The topological polar surface area (TPSA) is 83.1 Å². The van der Waals surface area contributed by atoms with Gasteiger partial charge in [-0.25, -0.2) is 9.78 Å². The molecule has 0 spiro atoms. The van der Waals surface area contributed by atoms with Gasteiger partial charge in [0, 0.05) is 11.1 Å². The molecule has 3 amide bonds. The molecule has 23 heavy (non-hydrogen) atoms. The number of benzene rings is 1. The summed E-state index contributed by atoms with van der Waals surface area (Å²) in [5.41, 5.74) is 6.45. The Balaban J connectivity index is 1.80. The van der Waals surface area contributed by atoms with E-state index in [0.29, 0.717) is 6.54 Å². The van der Waals surface area contributed by atoms with Crippen LogP contribution in [0.2, 0.25) is 0 Å². The predicted octanol–water partition coefficient (Wildman–Crippen LogP) is 2.51. The number of anilines is 1. The van der Waals surface area contributed by atoms with Crippen LogP contribution < -0.4 is 16.0 Å². The highest BCUT2D eigenvalue weighted by atomic mass is 32.1. The van der Waals surface area contributed by atoms with E-state index in [1.807, 2.05) is 38.3 Å². The lowest BCUT2D eigenvalue weighted by atomic mass is 10.1. The highest BCUT2D eigenvalue weighted by molar-refractivity contribution is 7.07. The molecule has 0 saturated heterocycles. The van der Waals surface area contributed by atoms with Crippen molar-refractivity contribution in [3.05, 3.63) is 45.4 Å². The van der Waals surface area contributed by atoms with E-state index in [1.165, 1.54) is 11.3 Å². The fraction of sp³-hybridized carbons (Fsp3) is 0.312. The summed E-state index contributed by atoms with van der Waals surface area (Å²) in [7, 11) is 0. The van der Waals surface area contributed by atoms with Crippen LogP contribution in [0.3, 0.4) is 0 Å². The minimum absolute atomic E-state index is 0.0876. The lowest BCUT2D eigenvalue weighted by Gasteiger charge is -2.13. The fourth-order valence-corrected chi connectivity index (χ4v) is 2.84. The molecule has 2 rings (SSSR count). The van der Waals surface area contributed by atoms with E-state index < -0.39 is 6.03 Å². The standard InChI is InChI=1S/C16H20N4O2S/c1-10-4-11(2)15(12(3)5-10)20-14(21)7-18-16(22)17-6-13-8-23-9-19-13/h4-5,8-9H,6-7H2,1-3H3,(H,20,21)(H2,17,18,22). The van der Waals surface area contributed by atoms with Crippen molar-refractivity contribution in [2.24, 2.45) is 0 Å². The first-order chi connectivity index (χ1) is 11.0. The van der Waals surface area contributed by atoms with E-state index in [-0.39, 0.29) is 12.5 Å². The second-order valence-corrected chi connectivity index (χ2v) is 6.06. The summed E-state index contributed by atoms with van der Waals surface area (Å²) in [5, 5.41) is 9.87. The van der Waals surface area contributed by atoms with Gasteiger partial charge in [0.15, 0.2) is 0 Å². The summed E-state index contributed by atoms with van der Waals surface area (Å²) in [6, 6.07) is 3.62. The van der Waals surface area contributed by atoms with Gasteiger partial charge in [-0.15, -0.1) is 11.3 Å². The molecule has 0 radical (unpaired) electrons. The van der Waals surface area contributed by atoms with Crippen LogP contribution in [0.15, 0.2) is 23.0 Å². The summed E-state index contributed by atoms with van der Waals surface area (Å²) in [5.74, 6) is -0.260. The molecule has 0 aliphatic rings. The Morgan fingerprint density at radius 1 is 1.13 bits per heavy atom. The third-order valence-electron chi connectivity index (χ3n) is 3.26. The average molecular weight is 332 g/mol. The van der Waals surface area contributed by atoms with Crippen molar-refractivity contribution in [2.75, 3.05) is 11.9 Å². The number of hydrogen-bond donors (Lipinski definition) is 3. The molecule has 1 heterocycles. The maximum atomic E-state index is 12.0. The summed E-state index contributed by atoms with van der Waals surface area (Å²) in [6.45, 7) is 6.16. The molecule has 0 bridgehead atoms. The molecule has 3 N–H and O–H groups in total. The Labute approximate surface area is 139 Å². The smallest absolute Gasteiger partial charge is 0.315 e. The van der Waals surface area contributed by atoms with Gasteiger partial charge in [0.25, 0.3) is 0 Å². The normalized spacial score (nSPS) is 10.2. The predicted molar refractivity (Wildman–Crippen MR) is 91.6 cm³/mol. The monoisotopic (exact) mass is 332 g/mol. The highest BCUT2D eigenvalue weighted by Crippen LogP contribution is 2.21. The van der Waals surface area contributed by atoms with Crippen molar-refractivity contribution < 1.29 is 9.59 Å². The Morgan fingerprint density at radius 2 is 1.83 bits per heavy atom. The molecule has 0 unspecified atom stereocenters. The number of carbonyl (C=O) groups is 2. The Bertz CT molecular complexity index is 675. The SMILES string of the molecule is Cc1cc(C)c(NC(=O)CNC(=O)NCc2cscn2)c(C)c1. The van der Waals surface area contributed by atoms with Crippen molar-refractivity contribution in [3.8, 4) is 0 Å². The van der Waals surface area contributed by atoms with Gasteiger partial charge in [-0.1, -0.05) is 17.7 Å². The minimum atomic E-state index is -0.398. The van der Waals surface area contributed by atoms with Crippen LogP contribution in [-0.4, -0.2) is 23.5 Å². The Hall–Kier alpha value is -2.41. The number of nitrogens with zero attached hydrogens (tertiary/aromatic N) is 1. The largest absolute Gasteiger partial charge is 0.332 e. The number of aryl methyl sites for hydroxylation is 3. The van der Waals surface area contributed by atoms with E-state index in [4.69, 9.17) is 0 Å². The van der Waals surface area contributed by atoms with Gasteiger partial charge in [0.05, 0.1) is 24.3 Å². The number of hydrogen-bond acceptors (Lipinski definition) is 4. The molecule has 1 aromatic heterocycles. The molecule has 0 fully saturated rings. The van der Waals surface area contributed by atoms with Gasteiger partial charge in [-0.3, -0.25) is 4.79 Å². The third kappa shape index (κ3) is 5.07. The van der Waals surface area contributed by atoms with Crippen LogP contribution in [0, 0.1) is 20.8 Å². The third-order valence-corrected chi connectivity index (χ3v) is 3.90. The second kappa shape index (κ2) is 7.73. The van der Waals surface area contributed by atoms with Crippen LogP contribution in [0.4, 0.5) is 10.5 Å². The van der Waals surface area contributed by atoms with Gasteiger partial charge in [0.1, 0.15) is 0 Å². The molecule has 0 atom stereocenters. The molecule has 2 aromatic rings. The van der Waals surface area contributed by atoms with Crippen molar-refractivity contribution in [1.29, 1.82) is 0 Å². The van der Waals surface area contributed by atoms with Gasteiger partial charge >= 0.3 is 6.03 Å². The zero-order chi connectivity index (χ0) is 16.8. The molecule has 1 aromatic carbocycles. The number of amides is 3. The van der Waals surface area contributed by atoms with Crippen molar-refractivity contribution in [2.45, 2.75) is 27.3 Å². The van der Waals surface area contributed by atoms with Crippen molar-refractivity contribution >= 4 is 29.0 Å². The summed E-state index contributed by atoms with van der Waals surface area (Å²) < 4.78 is 0. The van der Waals surface area contributed by atoms with Gasteiger partial charge in [-0.05, 0) is 31.9 Å². The molecular weight excluding hydrogens is 312 g/mol. The molecule has 0 aliphatic heterocycles. The van der Waals surface area contributed by atoms with Crippen molar-refractivity contribution in [3.63, 3.8) is 0 Å². The number of thiazole rings is 1. The maximum absolute atomic E-state index is 12.0. The first-order valence-corrected chi connectivity index (χ1v) is 8.16. The first kappa shape index (κ1) is 17.0. The molecule has 6 nitrogen and oxygen atoms in total.